The van der Waals surface area contributed by atoms with Gasteiger partial charge in [-0.25, -0.2) is 0 Å². The van der Waals surface area contributed by atoms with Crippen molar-refractivity contribution in [2.45, 2.75) is 6.04 Å². The minimum Gasteiger partial charge on any atom is -0.323 e. The Morgan fingerprint density at radius 1 is 0.913 bits per heavy atom. The number of aromatic nitrogens is 4. The third kappa shape index (κ3) is 2.82. The van der Waals surface area contributed by atoms with E-state index in [0.717, 1.165) is 25.8 Å². The molecule has 1 aliphatic rings. The van der Waals surface area contributed by atoms with Crippen LogP contribution in [0.2, 0.25) is 0 Å². The molecule has 0 fully saturated rings. The number of tetrazole rings is 1. The van der Waals surface area contributed by atoms with E-state index in [1.807, 2.05) is 24.3 Å². The monoisotopic (exact) mass is 431 g/mol. The first kappa shape index (κ1) is 14.6. The van der Waals surface area contributed by atoms with Gasteiger partial charge >= 0.3 is 0 Å². The number of rotatable bonds is 2. The van der Waals surface area contributed by atoms with E-state index in [4.69, 9.17) is 0 Å². The number of hydrogen-bond donors (Lipinski definition) is 1. The molecular formula is C16H11Br2N5. The molecule has 2 aromatic carbocycles. The number of allylic oxidation sites excluding steroid dienone is 1. The lowest BCUT2D eigenvalue weighted by Crippen LogP contribution is -2.20. The number of hydrogen-bond acceptors (Lipinski definition) is 4. The summed E-state index contributed by atoms with van der Waals surface area (Å²) in [5.41, 5.74) is 3.20. The Morgan fingerprint density at radius 3 is 2.26 bits per heavy atom. The van der Waals surface area contributed by atoms with Gasteiger partial charge in [0.15, 0.2) is 0 Å². The summed E-state index contributed by atoms with van der Waals surface area (Å²) < 4.78 is 3.88. The van der Waals surface area contributed by atoms with Gasteiger partial charge < -0.3 is 5.32 Å². The molecule has 2 heterocycles. The summed E-state index contributed by atoms with van der Waals surface area (Å²) in [4.78, 5) is 0. The van der Waals surface area contributed by atoms with Gasteiger partial charge in [0.25, 0.3) is 0 Å². The Hall–Kier alpha value is -1.99. The maximum atomic E-state index is 4.11. The van der Waals surface area contributed by atoms with E-state index >= 15 is 0 Å². The summed E-state index contributed by atoms with van der Waals surface area (Å²) in [6.45, 7) is 0. The summed E-state index contributed by atoms with van der Waals surface area (Å²) in [6.07, 6.45) is 2.13. The minimum atomic E-state index is -0.0482. The van der Waals surface area contributed by atoms with Crippen LogP contribution in [-0.4, -0.2) is 20.2 Å². The molecule has 4 rings (SSSR count). The van der Waals surface area contributed by atoms with Crippen LogP contribution in [0.5, 0.6) is 0 Å². The molecule has 1 aliphatic heterocycles. The largest absolute Gasteiger partial charge is 0.323 e. The zero-order valence-corrected chi connectivity index (χ0v) is 15.0. The quantitative estimate of drug-likeness (QED) is 0.657. The number of benzene rings is 2. The van der Waals surface area contributed by atoms with E-state index in [9.17, 15) is 0 Å². The lowest BCUT2D eigenvalue weighted by Gasteiger charge is -2.23. The molecule has 1 N–H and O–H groups in total. The summed E-state index contributed by atoms with van der Waals surface area (Å²) in [5.74, 6) is 0.637. The van der Waals surface area contributed by atoms with Gasteiger partial charge in [0.05, 0.1) is 0 Å². The highest BCUT2D eigenvalue weighted by Crippen LogP contribution is 2.32. The Morgan fingerprint density at radius 2 is 1.57 bits per heavy atom. The van der Waals surface area contributed by atoms with Crippen LogP contribution in [0, 0.1) is 0 Å². The molecule has 0 radical (unpaired) electrons. The van der Waals surface area contributed by atoms with E-state index < -0.39 is 0 Å². The van der Waals surface area contributed by atoms with E-state index in [1.54, 1.807) is 4.68 Å². The molecule has 0 bridgehead atoms. The predicted molar refractivity (Wildman–Crippen MR) is 95.8 cm³/mol. The van der Waals surface area contributed by atoms with Gasteiger partial charge in [-0.3, -0.25) is 0 Å². The van der Waals surface area contributed by atoms with Crippen molar-refractivity contribution >= 4 is 43.5 Å². The van der Waals surface area contributed by atoms with Gasteiger partial charge in [-0.15, -0.1) is 0 Å². The first-order valence-electron chi connectivity index (χ1n) is 6.99. The highest BCUT2D eigenvalue weighted by Gasteiger charge is 2.24. The summed E-state index contributed by atoms with van der Waals surface area (Å²) in [6, 6.07) is 16.3. The van der Waals surface area contributed by atoms with Crippen molar-refractivity contribution in [3.05, 3.63) is 74.7 Å². The molecule has 0 saturated carbocycles. The van der Waals surface area contributed by atoms with Crippen molar-refractivity contribution < 1.29 is 0 Å². The second-order valence-electron chi connectivity index (χ2n) is 5.16. The van der Waals surface area contributed by atoms with Crippen LogP contribution in [0.4, 0.5) is 5.95 Å². The van der Waals surface area contributed by atoms with Crippen molar-refractivity contribution in [1.82, 2.24) is 20.2 Å². The molecule has 3 aromatic rings. The molecule has 23 heavy (non-hydrogen) atoms. The molecule has 7 heteroatoms. The molecule has 1 unspecified atom stereocenters. The van der Waals surface area contributed by atoms with Crippen LogP contribution in [0.3, 0.4) is 0 Å². The minimum absolute atomic E-state index is 0.0482. The summed E-state index contributed by atoms with van der Waals surface area (Å²) in [5, 5.41) is 15.3. The van der Waals surface area contributed by atoms with E-state index in [2.05, 4.69) is 83.0 Å². The first-order chi connectivity index (χ1) is 11.2. The highest BCUT2D eigenvalue weighted by molar-refractivity contribution is 9.10. The predicted octanol–water partition coefficient (Wildman–Crippen LogP) is 4.25. The zero-order chi connectivity index (χ0) is 15.8. The van der Waals surface area contributed by atoms with E-state index in [1.165, 1.54) is 0 Å². The second kappa shape index (κ2) is 5.90. The van der Waals surface area contributed by atoms with Gasteiger partial charge in [0.1, 0.15) is 6.04 Å². The third-order valence-electron chi connectivity index (χ3n) is 3.69. The number of nitrogens with one attached hydrogen (secondary N) is 1. The Labute approximate surface area is 149 Å². The Balaban J connectivity index is 1.79. The van der Waals surface area contributed by atoms with Gasteiger partial charge in [-0.2, -0.15) is 4.68 Å². The molecule has 0 spiro atoms. The summed E-state index contributed by atoms with van der Waals surface area (Å²) in [7, 11) is 0. The van der Waals surface area contributed by atoms with Crippen LogP contribution in [0.1, 0.15) is 17.2 Å². The molecule has 0 amide bonds. The molecule has 0 saturated heterocycles. The maximum absolute atomic E-state index is 4.11. The molecule has 114 valence electrons. The lowest BCUT2D eigenvalue weighted by molar-refractivity contribution is 0.586. The lowest BCUT2D eigenvalue weighted by atomic mass is 10.0. The topological polar surface area (TPSA) is 55.6 Å². The highest BCUT2D eigenvalue weighted by atomic mass is 79.9. The Kier molecular flexibility index (Phi) is 3.74. The van der Waals surface area contributed by atoms with Crippen molar-refractivity contribution in [2.75, 3.05) is 5.32 Å². The van der Waals surface area contributed by atoms with Crippen molar-refractivity contribution in [1.29, 1.82) is 0 Å². The molecule has 1 atom stereocenters. The molecular weight excluding hydrogens is 422 g/mol. The normalized spacial score (nSPS) is 16.4. The number of halogens is 2. The smallest absolute Gasteiger partial charge is 0.248 e. The molecule has 5 nitrogen and oxygen atoms in total. The average molecular weight is 433 g/mol. The van der Waals surface area contributed by atoms with Gasteiger partial charge in [0, 0.05) is 14.6 Å². The average Bonchev–Trinajstić information content (AvgIpc) is 3.04. The van der Waals surface area contributed by atoms with Crippen LogP contribution >= 0.6 is 31.9 Å². The number of anilines is 1. The van der Waals surface area contributed by atoms with Gasteiger partial charge in [-0.1, -0.05) is 61.2 Å². The van der Waals surface area contributed by atoms with Crippen molar-refractivity contribution in [3.63, 3.8) is 0 Å². The summed E-state index contributed by atoms with van der Waals surface area (Å²) >= 11 is 6.93. The fourth-order valence-electron chi connectivity index (χ4n) is 2.55. The number of fused-ring (bicyclic) bond motifs is 1. The fraction of sp³-hybridized carbons (Fsp3) is 0.0625. The molecule has 0 aliphatic carbocycles. The molecule has 1 aromatic heterocycles. The van der Waals surface area contributed by atoms with Crippen molar-refractivity contribution in [2.24, 2.45) is 0 Å². The Bertz CT molecular complexity index is 868. The second-order valence-corrected chi connectivity index (χ2v) is 6.99. The van der Waals surface area contributed by atoms with Crippen LogP contribution in [-0.2, 0) is 0 Å². The van der Waals surface area contributed by atoms with Gasteiger partial charge in [0.2, 0.25) is 5.95 Å². The number of nitrogens with zero attached hydrogens (tertiary/aromatic N) is 4. The maximum Gasteiger partial charge on any atom is 0.248 e. The third-order valence-corrected chi connectivity index (χ3v) is 4.75. The van der Waals surface area contributed by atoms with E-state index in [-0.39, 0.29) is 6.04 Å². The standard InChI is InChI=1S/C16H11Br2N5/c17-12-5-1-10(2-6-12)14-9-15(11-3-7-13(18)8-4-11)23-16(19-14)20-21-22-23/h1-9,15H,(H,19,20,22). The van der Waals surface area contributed by atoms with Crippen LogP contribution < -0.4 is 5.32 Å². The van der Waals surface area contributed by atoms with Gasteiger partial charge in [-0.05, 0) is 51.9 Å². The van der Waals surface area contributed by atoms with E-state index in [0.29, 0.717) is 5.95 Å². The first-order valence-corrected chi connectivity index (χ1v) is 8.57. The fourth-order valence-corrected chi connectivity index (χ4v) is 3.08. The van der Waals surface area contributed by atoms with Crippen LogP contribution in [0.25, 0.3) is 5.70 Å². The SMILES string of the molecule is Brc1ccc(C2=CC(c3ccc(Br)cc3)n3nnnc3N2)cc1. The van der Waals surface area contributed by atoms with Crippen LogP contribution in [0.15, 0.2) is 63.6 Å². The van der Waals surface area contributed by atoms with Crippen molar-refractivity contribution in [3.8, 4) is 0 Å². The zero-order valence-electron chi connectivity index (χ0n) is 11.8.